The van der Waals surface area contributed by atoms with Crippen molar-refractivity contribution in [1.29, 1.82) is 0 Å². The summed E-state index contributed by atoms with van der Waals surface area (Å²) >= 11 is 1.55. The maximum Gasteiger partial charge on any atom is 0.171 e. The van der Waals surface area contributed by atoms with Gasteiger partial charge in [0.15, 0.2) is 5.78 Å². The summed E-state index contributed by atoms with van der Waals surface area (Å²) in [4.78, 5) is 18.5. The number of aromatic nitrogens is 1. The second-order valence-electron chi connectivity index (χ2n) is 3.87. The maximum absolute atomic E-state index is 11.1. The van der Waals surface area contributed by atoms with Crippen molar-refractivity contribution in [1.82, 2.24) is 9.88 Å². The van der Waals surface area contributed by atoms with Crippen LogP contribution in [-0.4, -0.2) is 35.8 Å². The molecule has 1 fully saturated rings. The number of nitrogens with zero attached hydrogens (tertiary/aromatic N) is 2. The molecule has 3 nitrogen and oxygen atoms in total. The van der Waals surface area contributed by atoms with Crippen LogP contribution in [0.25, 0.3) is 0 Å². The Bertz CT molecular complexity index is 348. The highest BCUT2D eigenvalue weighted by atomic mass is 32.1. The van der Waals surface area contributed by atoms with Crippen molar-refractivity contribution in [3.63, 3.8) is 0 Å². The third-order valence-corrected chi connectivity index (χ3v) is 3.87. The first-order chi connectivity index (χ1) is 6.66. The van der Waals surface area contributed by atoms with Crippen LogP contribution >= 0.6 is 11.3 Å². The molecule has 14 heavy (non-hydrogen) atoms. The SMILES string of the molecule is CC(=O)c1cnc(C2CCN(C)C2)s1. The number of thiazole rings is 1. The van der Waals surface area contributed by atoms with E-state index in [1.165, 1.54) is 6.42 Å². The quantitative estimate of drug-likeness (QED) is 0.697. The van der Waals surface area contributed by atoms with Gasteiger partial charge in [0.1, 0.15) is 0 Å². The molecule has 0 saturated carbocycles. The van der Waals surface area contributed by atoms with Gasteiger partial charge in [0.25, 0.3) is 0 Å². The summed E-state index contributed by atoms with van der Waals surface area (Å²) in [5.41, 5.74) is 0. The van der Waals surface area contributed by atoms with Crippen LogP contribution in [0.2, 0.25) is 0 Å². The summed E-state index contributed by atoms with van der Waals surface area (Å²) in [6, 6.07) is 0. The molecule has 1 atom stereocenters. The first-order valence-electron chi connectivity index (χ1n) is 4.82. The van der Waals surface area contributed by atoms with Crippen LogP contribution in [0.3, 0.4) is 0 Å². The molecule has 1 aliphatic heterocycles. The molecule has 0 radical (unpaired) electrons. The van der Waals surface area contributed by atoms with E-state index in [2.05, 4.69) is 16.9 Å². The predicted octanol–water partition coefficient (Wildman–Crippen LogP) is 1.76. The summed E-state index contributed by atoms with van der Waals surface area (Å²) in [5.74, 6) is 0.665. The molecule has 1 aromatic rings. The van der Waals surface area contributed by atoms with Gasteiger partial charge in [0, 0.05) is 25.6 Å². The van der Waals surface area contributed by atoms with Crippen molar-refractivity contribution in [2.75, 3.05) is 20.1 Å². The minimum Gasteiger partial charge on any atom is -0.306 e. The molecule has 1 unspecified atom stereocenters. The first-order valence-corrected chi connectivity index (χ1v) is 5.63. The van der Waals surface area contributed by atoms with E-state index in [0.717, 1.165) is 23.0 Å². The largest absolute Gasteiger partial charge is 0.306 e. The molecule has 1 saturated heterocycles. The van der Waals surface area contributed by atoms with Crippen molar-refractivity contribution in [2.45, 2.75) is 19.3 Å². The average molecular weight is 210 g/mol. The van der Waals surface area contributed by atoms with Crippen LogP contribution < -0.4 is 0 Å². The van der Waals surface area contributed by atoms with Gasteiger partial charge in [0.2, 0.25) is 0 Å². The Morgan fingerprint density at radius 3 is 3.00 bits per heavy atom. The molecule has 1 aliphatic rings. The number of hydrogen-bond donors (Lipinski definition) is 0. The summed E-state index contributed by atoms with van der Waals surface area (Å²) in [5, 5.41) is 1.12. The Kier molecular flexibility index (Phi) is 2.65. The first kappa shape index (κ1) is 9.80. The molecule has 2 heterocycles. The van der Waals surface area contributed by atoms with E-state index in [-0.39, 0.29) is 5.78 Å². The molecule has 1 aromatic heterocycles. The van der Waals surface area contributed by atoms with Gasteiger partial charge in [-0.2, -0.15) is 0 Å². The Balaban J connectivity index is 2.13. The lowest BCUT2D eigenvalue weighted by molar-refractivity contribution is 0.102. The second-order valence-corrected chi connectivity index (χ2v) is 4.93. The average Bonchev–Trinajstić information content (AvgIpc) is 2.70. The highest BCUT2D eigenvalue weighted by Gasteiger charge is 2.24. The molecule has 2 rings (SSSR count). The van der Waals surface area contributed by atoms with E-state index < -0.39 is 0 Å². The summed E-state index contributed by atoms with van der Waals surface area (Å²) in [6.07, 6.45) is 2.88. The Morgan fingerprint density at radius 2 is 2.50 bits per heavy atom. The molecule has 0 aliphatic carbocycles. The number of hydrogen-bond acceptors (Lipinski definition) is 4. The Hall–Kier alpha value is -0.740. The smallest absolute Gasteiger partial charge is 0.171 e. The lowest BCUT2D eigenvalue weighted by Gasteiger charge is -2.06. The van der Waals surface area contributed by atoms with Crippen molar-refractivity contribution >= 4 is 17.1 Å². The lowest BCUT2D eigenvalue weighted by Crippen LogP contribution is -2.13. The molecular weight excluding hydrogens is 196 g/mol. The zero-order valence-corrected chi connectivity index (χ0v) is 9.30. The molecule has 0 aromatic carbocycles. The highest BCUT2D eigenvalue weighted by Crippen LogP contribution is 2.29. The second kappa shape index (κ2) is 3.79. The van der Waals surface area contributed by atoms with Gasteiger partial charge in [-0.25, -0.2) is 4.98 Å². The van der Waals surface area contributed by atoms with Crippen LogP contribution in [0.1, 0.15) is 33.9 Å². The van der Waals surface area contributed by atoms with Gasteiger partial charge in [-0.05, 0) is 20.0 Å². The van der Waals surface area contributed by atoms with Crippen molar-refractivity contribution in [3.8, 4) is 0 Å². The van der Waals surface area contributed by atoms with Crippen LogP contribution in [0.5, 0.6) is 0 Å². The van der Waals surface area contributed by atoms with E-state index in [9.17, 15) is 4.79 Å². The Morgan fingerprint density at radius 1 is 1.71 bits per heavy atom. The summed E-state index contributed by atoms with van der Waals surface area (Å²) < 4.78 is 0. The summed E-state index contributed by atoms with van der Waals surface area (Å²) in [7, 11) is 2.12. The summed E-state index contributed by atoms with van der Waals surface area (Å²) in [6.45, 7) is 3.81. The number of likely N-dealkylation sites (tertiary alicyclic amines) is 1. The van der Waals surface area contributed by atoms with Crippen LogP contribution in [0, 0.1) is 0 Å². The monoisotopic (exact) mass is 210 g/mol. The van der Waals surface area contributed by atoms with E-state index >= 15 is 0 Å². The fraction of sp³-hybridized carbons (Fsp3) is 0.600. The number of carbonyl (C=O) groups is 1. The third-order valence-electron chi connectivity index (χ3n) is 2.61. The van der Waals surface area contributed by atoms with E-state index in [4.69, 9.17) is 0 Å². The van der Waals surface area contributed by atoms with Crippen LogP contribution in [0.4, 0.5) is 0 Å². The van der Waals surface area contributed by atoms with Crippen molar-refractivity contribution in [2.24, 2.45) is 0 Å². The standard InChI is InChI=1S/C10H14N2OS/c1-7(13)9-5-11-10(14-9)8-3-4-12(2)6-8/h5,8H,3-4,6H2,1-2H3. The molecule has 4 heteroatoms. The van der Waals surface area contributed by atoms with Gasteiger partial charge in [-0.1, -0.05) is 0 Å². The van der Waals surface area contributed by atoms with Crippen LogP contribution in [-0.2, 0) is 0 Å². The van der Waals surface area contributed by atoms with Gasteiger partial charge in [-0.3, -0.25) is 4.79 Å². The number of rotatable bonds is 2. The van der Waals surface area contributed by atoms with E-state index in [0.29, 0.717) is 5.92 Å². The number of Topliss-reactive ketones (excluding diaryl/α,β-unsaturated/α-hetero) is 1. The van der Waals surface area contributed by atoms with Gasteiger partial charge in [-0.15, -0.1) is 11.3 Å². The molecule has 0 amide bonds. The highest BCUT2D eigenvalue weighted by molar-refractivity contribution is 7.13. The molecular formula is C10H14N2OS. The van der Waals surface area contributed by atoms with Crippen LogP contribution in [0.15, 0.2) is 6.20 Å². The minimum atomic E-state index is 0.125. The maximum atomic E-state index is 11.1. The zero-order chi connectivity index (χ0) is 10.1. The minimum absolute atomic E-state index is 0.125. The Labute approximate surface area is 87.8 Å². The van der Waals surface area contributed by atoms with E-state index in [1.54, 1.807) is 24.5 Å². The third kappa shape index (κ3) is 1.86. The molecule has 0 N–H and O–H groups in total. The predicted molar refractivity (Wildman–Crippen MR) is 57.0 cm³/mol. The fourth-order valence-corrected chi connectivity index (χ4v) is 2.71. The van der Waals surface area contributed by atoms with Gasteiger partial charge in [0.05, 0.1) is 9.88 Å². The van der Waals surface area contributed by atoms with Gasteiger partial charge < -0.3 is 4.90 Å². The lowest BCUT2D eigenvalue weighted by atomic mass is 10.1. The topological polar surface area (TPSA) is 33.2 Å². The van der Waals surface area contributed by atoms with Crippen molar-refractivity contribution in [3.05, 3.63) is 16.1 Å². The van der Waals surface area contributed by atoms with Crippen molar-refractivity contribution < 1.29 is 4.79 Å². The normalized spacial score (nSPS) is 22.9. The molecule has 0 spiro atoms. The molecule has 0 bridgehead atoms. The molecule has 76 valence electrons. The number of likely N-dealkylation sites (N-methyl/N-ethyl adjacent to an activating group) is 1. The fourth-order valence-electron chi connectivity index (χ4n) is 1.78. The number of ketones is 1. The van der Waals surface area contributed by atoms with Gasteiger partial charge >= 0.3 is 0 Å². The van der Waals surface area contributed by atoms with E-state index in [1.807, 2.05) is 0 Å². The zero-order valence-electron chi connectivity index (χ0n) is 8.49. The number of carbonyl (C=O) groups excluding carboxylic acids is 1.